The first kappa shape index (κ1) is 9.47. The average Bonchev–Trinajstić information content (AvgIpc) is 1.87. The van der Waals surface area contributed by atoms with E-state index in [2.05, 4.69) is 25.5 Å². The zero-order chi connectivity index (χ0) is 8.15. The predicted octanol–water partition coefficient (Wildman–Crippen LogP) is 1.84. The predicted molar refractivity (Wildman–Crippen MR) is 40.6 cm³/mol. The highest BCUT2D eigenvalue weighted by Crippen LogP contribution is 2.13. The Morgan fingerprint density at radius 1 is 1.40 bits per heavy atom. The van der Waals surface area contributed by atoms with Gasteiger partial charge in [0, 0.05) is 6.42 Å². The normalized spacial score (nSPS) is 13.3. The lowest BCUT2D eigenvalue weighted by Crippen LogP contribution is -2.11. The van der Waals surface area contributed by atoms with E-state index in [-0.39, 0.29) is 5.97 Å². The molecule has 0 bridgehead atoms. The summed E-state index contributed by atoms with van der Waals surface area (Å²) in [6.45, 7) is 6.27. The van der Waals surface area contributed by atoms with Crippen molar-refractivity contribution < 1.29 is 9.53 Å². The Balaban J connectivity index is 3.57. The van der Waals surface area contributed by atoms with Crippen LogP contribution in [0.2, 0.25) is 0 Å². The molecule has 60 valence electrons. The molecule has 1 atom stereocenters. The molecule has 0 aliphatic rings. The zero-order valence-corrected chi connectivity index (χ0v) is 7.18. The van der Waals surface area contributed by atoms with Crippen LogP contribution in [0, 0.1) is 11.8 Å². The number of carbonyl (C=O) groups is 1. The largest absolute Gasteiger partial charge is 0.469 e. The van der Waals surface area contributed by atoms with Crippen LogP contribution < -0.4 is 0 Å². The Labute approximate surface area is 62.6 Å². The first-order valence-corrected chi connectivity index (χ1v) is 3.64. The van der Waals surface area contributed by atoms with Crippen LogP contribution in [-0.4, -0.2) is 13.1 Å². The molecule has 0 radical (unpaired) electrons. The van der Waals surface area contributed by atoms with E-state index in [0.717, 1.165) is 0 Å². The fourth-order valence-corrected chi connectivity index (χ4v) is 0.582. The monoisotopic (exact) mass is 144 g/mol. The molecule has 0 unspecified atom stereocenters. The molecule has 0 N–H and O–H groups in total. The molecule has 0 heterocycles. The van der Waals surface area contributed by atoms with Gasteiger partial charge in [0.2, 0.25) is 0 Å². The molecular formula is C8H16O2. The van der Waals surface area contributed by atoms with Gasteiger partial charge < -0.3 is 4.74 Å². The summed E-state index contributed by atoms with van der Waals surface area (Å²) in [6.07, 6.45) is 0.536. The van der Waals surface area contributed by atoms with Gasteiger partial charge in [-0.25, -0.2) is 0 Å². The minimum absolute atomic E-state index is 0.110. The highest BCUT2D eigenvalue weighted by molar-refractivity contribution is 5.69. The lowest BCUT2D eigenvalue weighted by molar-refractivity contribution is -0.141. The van der Waals surface area contributed by atoms with E-state index >= 15 is 0 Å². The SMILES string of the molecule is COC(=O)C[C@H](C)C(C)C. The molecule has 0 aromatic carbocycles. The van der Waals surface area contributed by atoms with E-state index < -0.39 is 0 Å². The van der Waals surface area contributed by atoms with E-state index in [1.54, 1.807) is 0 Å². The van der Waals surface area contributed by atoms with E-state index in [4.69, 9.17) is 0 Å². The number of rotatable bonds is 3. The van der Waals surface area contributed by atoms with Gasteiger partial charge in [-0.1, -0.05) is 20.8 Å². The summed E-state index contributed by atoms with van der Waals surface area (Å²) in [5.41, 5.74) is 0. The van der Waals surface area contributed by atoms with Gasteiger partial charge in [0.05, 0.1) is 7.11 Å². The number of carbonyl (C=O) groups excluding carboxylic acids is 1. The lowest BCUT2D eigenvalue weighted by Gasteiger charge is -2.12. The van der Waals surface area contributed by atoms with Gasteiger partial charge in [0.15, 0.2) is 0 Å². The Morgan fingerprint density at radius 2 is 1.90 bits per heavy atom. The van der Waals surface area contributed by atoms with Crippen molar-refractivity contribution in [3.05, 3.63) is 0 Å². The van der Waals surface area contributed by atoms with Crippen LogP contribution in [0.1, 0.15) is 27.2 Å². The summed E-state index contributed by atoms with van der Waals surface area (Å²) in [7, 11) is 1.43. The summed E-state index contributed by atoms with van der Waals surface area (Å²) in [5.74, 6) is 0.868. The van der Waals surface area contributed by atoms with E-state index in [1.165, 1.54) is 7.11 Å². The molecule has 0 rings (SSSR count). The molecular weight excluding hydrogens is 128 g/mol. The number of ether oxygens (including phenoxy) is 1. The van der Waals surface area contributed by atoms with Gasteiger partial charge in [-0.3, -0.25) is 4.79 Å². The molecule has 0 aliphatic carbocycles. The van der Waals surface area contributed by atoms with E-state index in [0.29, 0.717) is 18.3 Å². The fourth-order valence-electron chi connectivity index (χ4n) is 0.582. The third kappa shape index (κ3) is 3.49. The summed E-state index contributed by atoms with van der Waals surface area (Å²) >= 11 is 0. The van der Waals surface area contributed by atoms with Crippen molar-refractivity contribution in [2.45, 2.75) is 27.2 Å². The van der Waals surface area contributed by atoms with Crippen LogP contribution in [0.15, 0.2) is 0 Å². The van der Waals surface area contributed by atoms with E-state index in [1.807, 2.05) is 0 Å². The second kappa shape index (κ2) is 4.31. The van der Waals surface area contributed by atoms with Crippen LogP contribution in [0.25, 0.3) is 0 Å². The Morgan fingerprint density at radius 3 is 2.20 bits per heavy atom. The van der Waals surface area contributed by atoms with E-state index in [9.17, 15) is 4.79 Å². The zero-order valence-electron chi connectivity index (χ0n) is 7.18. The van der Waals surface area contributed by atoms with Crippen molar-refractivity contribution in [1.82, 2.24) is 0 Å². The summed E-state index contributed by atoms with van der Waals surface area (Å²) in [5, 5.41) is 0. The molecule has 0 aliphatic heterocycles. The first-order chi connectivity index (χ1) is 4.57. The van der Waals surface area contributed by atoms with Crippen molar-refractivity contribution in [2.24, 2.45) is 11.8 Å². The maximum Gasteiger partial charge on any atom is 0.305 e. The highest BCUT2D eigenvalue weighted by atomic mass is 16.5. The van der Waals surface area contributed by atoms with Gasteiger partial charge in [-0.15, -0.1) is 0 Å². The molecule has 0 fully saturated rings. The fraction of sp³-hybridized carbons (Fsp3) is 0.875. The van der Waals surface area contributed by atoms with Crippen LogP contribution in [0.3, 0.4) is 0 Å². The van der Waals surface area contributed by atoms with Crippen molar-refractivity contribution >= 4 is 5.97 Å². The quantitative estimate of drug-likeness (QED) is 0.565. The number of methoxy groups -OCH3 is 1. The standard InChI is InChI=1S/C8H16O2/c1-6(2)7(3)5-8(9)10-4/h6-7H,5H2,1-4H3/t7-/m0/s1. The first-order valence-electron chi connectivity index (χ1n) is 3.64. The van der Waals surface area contributed by atoms with Gasteiger partial charge in [0.1, 0.15) is 0 Å². The van der Waals surface area contributed by atoms with Crippen molar-refractivity contribution in [3.63, 3.8) is 0 Å². The molecule has 10 heavy (non-hydrogen) atoms. The maximum atomic E-state index is 10.7. The summed E-state index contributed by atoms with van der Waals surface area (Å²) in [6, 6.07) is 0. The Hall–Kier alpha value is -0.530. The molecule has 0 saturated carbocycles. The van der Waals surface area contributed by atoms with Crippen molar-refractivity contribution in [1.29, 1.82) is 0 Å². The highest BCUT2D eigenvalue weighted by Gasteiger charge is 2.11. The van der Waals surface area contributed by atoms with Crippen molar-refractivity contribution in [2.75, 3.05) is 7.11 Å². The second-order valence-electron chi connectivity index (χ2n) is 3.00. The third-order valence-electron chi connectivity index (χ3n) is 1.85. The minimum Gasteiger partial charge on any atom is -0.469 e. The number of hydrogen-bond donors (Lipinski definition) is 0. The van der Waals surface area contributed by atoms with Gasteiger partial charge >= 0.3 is 5.97 Å². The molecule has 0 aromatic heterocycles. The topological polar surface area (TPSA) is 26.3 Å². The van der Waals surface area contributed by atoms with Crippen LogP contribution in [0.5, 0.6) is 0 Å². The number of hydrogen-bond acceptors (Lipinski definition) is 2. The smallest absolute Gasteiger partial charge is 0.305 e. The van der Waals surface area contributed by atoms with Crippen LogP contribution in [-0.2, 0) is 9.53 Å². The van der Waals surface area contributed by atoms with Gasteiger partial charge in [0.25, 0.3) is 0 Å². The van der Waals surface area contributed by atoms with Crippen molar-refractivity contribution in [3.8, 4) is 0 Å². The molecule has 2 heteroatoms. The molecule has 0 aromatic rings. The Kier molecular flexibility index (Phi) is 4.08. The lowest BCUT2D eigenvalue weighted by atomic mass is 9.95. The summed E-state index contributed by atoms with van der Waals surface area (Å²) in [4.78, 5) is 10.7. The molecule has 0 saturated heterocycles. The molecule has 0 spiro atoms. The van der Waals surface area contributed by atoms with Crippen LogP contribution >= 0.6 is 0 Å². The number of esters is 1. The summed E-state index contributed by atoms with van der Waals surface area (Å²) < 4.78 is 4.53. The maximum absolute atomic E-state index is 10.7. The van der Waals surface area contributed by atoms with Crippen LogP contribution in [0.4, 0.5) is 0 Å². The van der Waals surface area contributed by atoms with Gasteiger partial charge in [-0.2, -0.15) is 0 Å². The van der Waals surface area contributed by atoms with Gasteiger partial charge in [-0.05, 0) is 11.8 Å². The molecule has 0 amide bonds. The Bertz CT molecular complexity index is 108. The minimum atomic E-state index is -0.110. The second-order valence-corrected chi connectivity index (χ2v) is 3.00. The molecule has 2 nitrogen and oxygen atoms in total. The average molecular weight is 144 g/mol. The third-order valence-corrected chi connectivity index (χ3v) is 1.85.